The SMILES string of the molecule is CCNC(=O)CN(C)c1cccc(F)c1C(=O)O. The minimum absolute atomic E-state index is 0.0302. The van der Waals surface area contributed by atoms with Crippen molar-refractivity contribution in [1.29, 1.82) is 0 Å². The normalized spacial score (nSPS) is 9.94. The van der Waals surface area contributed by atoms with Gasteiger partial charge < -0.3 is 15.3 Å². The highest BCUT2D eigenvalue weighted by atomic mass is 19.1. The molecule has 0 unspecified atom stereocenters. The Balaban J connectivity index is 2.98. The van der Waals surface area contributed by atoms with E-state index >= 15 is 0 Å². The molecule has 2 N–H and O–H groups in total. The number of carbonyl (C=O) groups excluding carboxylic acids is 1. The van der Waals surface area contributed by atoms with E-state index in [1.165, 1.54) is 24.1 Å². The van der Waals surface area contributed by atoms with Gasteiger partial charge >= 0.3 is 5.97 Å². The van der Waals surface area contributed by atoms with Crippen molar-refractivity contribution >= 4 is 17.6 Å². The molecule has 6 heteroatoms. The minimum atomic E-state index is -1.36. The molecule has 98 valence electrons. The molecule has 18 heavy (non-hydrogen) atoms. The summed E-state index contributed by atoms with van der Waals surface area (Å²) in [6.07, 6.45) is 0. The molecule has 1 rings (SSSR count). The highest BCUT2D eigenvalue weighted by molar-refractivity contribution is 5.95. The lowest BCUT2D eigenvalue weighted by Crippen LogP contribution is -2.35. The predicted octanol–water partition coefficient (Wildman–Crippen LogP) is 1.10. The van der Waals surface area contributed by atoms with Crippen LogP contribution in [0.2, 0.25) is 0 Å². The number of carbonyl (C=O) groups is 2. The second-order valence-corrected chi connectivity index (χ2v) is 3.75. The van der Waals surface area contributed by atoms with Crippen molar-refractivity contribution in [3.63, 3.8) is 0 Å². The third-order valence-electron chi connectivity index (χ3n) is 2.37. The minimum Gasteiger partial charge on any atom is -0.478 e. The van der Waals surface area contributed by atoms with E-state index in [1.54, 1.807) is 6.92 Å². The first-order valence-corrected chi connectivity index (χ1v) is 5.47. The Labute approximate surface area is 104 Å². The number of rotatable bonds is 5. The molecule has 0 heterocycles. The van der Waals surface area contributed by atoms with Crippen molar-refractivity contribution in [3.8, 4) is 0 Å². The number of hydrogen-bond donors (Lipinski definition) is 2. The topological polar surface area (TPSA) is 69.6 Å². The summed E-state index contributed by atoms with van der Waals surface area (Å²) in [5.74, 6) is -2.42. The van der Waals surface area contributed by atoms with E-state index in [9.17, 15) is 14.0 Å². The van der Waals surface area contributed by atoms with Crippen LogP contribution in [0.1, 0.15) is 17.3 Å². The van der Waals surface area contributed by atoms with Gasteiger partial charge in [-0.3, -0.25) is 4.79 Å². The van der Waals surface area contributed by atoms with Crippen molar-refractivity contribution in [2.75, 3.05) is 25.0 Å². The highest BCUT2D eigenvalue weighted by Crippen LogP contribution is 2.22. The van der Waals surface area contributed by atoms with Gasteiger partial charge in [0.15, 0.2) is 0 Å². The second-order valence-electron chi connectivity index (χ2n) is 3.75. The van der Waals surface area contributed by atoms with Gasteiger partial charge in [0.1, 0.15) is 11.4 Å². The van der Waals surface area contributed by atoms with Gasteiger partial charge in [0.05, 0.1) is 12.2 Å². The largest absolute Gasteiger partial charge is 0.478 e. The van der Waals surface area contributed by atoms with Crippen LogP contribution in [-0.2, 0) is 4.79 Å². The quantitative estimate of drug-likeness (QED) is 0.825. The first-order valence-electron chi connectivity index (χ1n) is 5.47. The zero-order valence-corrected chi connectivity index (χ0v) is 10.2. The average Bonchev–Trinajstić information content (AvgIpc) is 2.28. The zero-order chi connectivity index (χ0) is 13.7. The van der Waals surface area contributed by atoms with Gasteiger partial charge in [-0.25, -0.2) is 9.18 Å². The van der Waals surface area contributed by atoms with E-state index in [0.29, 0.717) is 6.54 Å². The molecule has 0 spiro atoms. The number of amides is 1. The smallest absolute Gasteiger partial charge is 0.340 e. The molecule has 0 aliphatic rings. The molecule has 0 aliphatic carbocycles. The Morgan fingerprint density at radius 3 is 2.67 bits per heavy atom. The zero-order valence-electron chi connectivity index (χ0n) is 10.2. The summed E-state index contributed by atoms with van der Waals surface area (Å²) >= 11 is 0. The Morgan fingerprint density at radius 2 is 2.11 bits per heavy atom. The lowest BCUT2D eigenvalue weighted by atomic mass is 10.1. The van der Waals surface area contributed by atoms with E-state index in [4.69, 9.17) is 5.11 Å². The van der Waals surface area contributed by atoms with Gasteiger partial charge in [-0.05, 0) is 19.1 Å². The van der Waals surface area contributed by atoms with E-state index in [1.807, 2.05) is 0 Å². The first-order chi connectivity index (χ1) is 8.47. The maximum absolute atomic E-state index is 13.4. The molecule has 0 saturated heterocycles. The van der Waals surface area contributed by atoms with Crippen LogP contribution in [0.5, 0.6) is 0 Å². The van der Waals surface area contributed by atoms with Crippen molar-refractivity contribution in [2.45, 2.75) is 6.92 Å². The molecule has 1 aromatic carbocycles. The van der Waals surface area contributed by atoms with E-state index in [-0.39, 0.29) is 18.1 Å². The van der Waals surface area contributed by atoms with Crippen LogP contribution in [0.3, 0.4) is 0 Å². The van der Waals surface area contributed by atoms with Crippen LogP contribution in [0.25, 0.3) is 0 Å². The number of aromatic carboxylic acids is 1. The van der Waals surface area contributed by atoms with Crippen molar-refractivity contribution in [2.24, 2.45) is 0 Å². The molecule has 0 atom stereocenters. The summed E-state index contributed by atoms with van der Waals surface area (Å²) in [7, 11) is 1.54. The number of halogens is 1. The fourth-order valence-electron chi connectivity index (χ4n) is 1.60. The van der Waals surface area contributed by atoms with Crippen LogP contribution < -0.4 is 10.2 Å². The molecule has 1 amide bonds. The number of benzene rings is 1. The Kier molecular flexibility index (Phi) is 4.65. The summed E-state index contributed by atoms with van der Waals surface area (Å²) in [6, 6.07) is 3.95. The summed E-state index contributed by atoms with van der Waals surface area (Å²) < 4.78 is 13.4. The molecule has 0 aliphatic heterocycles. The second kappa shape index (κ2) is 6.00. The van der Waals surface area contributed by atoms with Gasteiger partial charge in [-0.15, -0.1) is 0 Å². The Bertz CT molecular complexity index is 463. The molecule has 0 bridgehead atoms. The van der Waals surface area contributed by atoms with Gasteiger partial charge in [-0.2, -0.15) is 0 Å². The summed E-state index contributed by atoms with van der Waals surface area (Å²) in [5.41, 5.74) is -0.252. The summed E-state index contributed by atoms with van der Waals surface area (Å²) in [5, 5.41) is 11.6. The average molecular weight is 254 g/mol. The number of anilines is 1. The van der Waals surface area contributed by atoms with Crippen molar-refractivity contribution < 1.29 is 19.1 Å². The number of carboxylic acids is 1. The Hall–Kier alpha value is -2.11. The molecule has 5 nitrogen and oxygen atoms in total. The molecule has 0 aromatic heterocycles. The monoisotopic (exact) mass is 254 g/mol. The summed E-state index contributed by atoms with van der Waals surface area (Å²) in [4.78, 5) is 23.8. The molecule has 0 fully saturated rings. The molecule has 1 aromatic rings. The number of likely N-dealkylation sites (N-methyl/N-ethyl adjacent to an activating group) is 2. The van der Waals surface area contributed by atoms with Gasteiger partial charge in [-0.1, -0.05) is 6.07 Å². The maximum atomic E-state index is 13.4. The summed E-state index contributed by atoms with van der Waals surface area (Å²) in [6.45, 7) is 2.24. The maximum Gasteiger partial charge on any atom is 0.340 e. The van der Waals surface area contributed by atoms with Gasteiger partial charge in [0.2, 0.25) is 5.91 Å². The fraction of sp³-hybridized carbons (Fsp3) is 0.333. The van der Waals surface area contributed by atoms with Gasteiger partial charge in [0, 0.05) is 13.6 Å². The van der Waals surface area contributed by atoms with Crippen molar-refractivity contribution in [3.05, 3.63) is 29.6 Å². The van der Waals surface area contributed by atoms with Crippen LogP contribution in [0, 0.1) is 5.82 Å². The van der Waals surface area contributed by atoms with Crippen LogP contribution in [0.15, 0.2) is 18.2 Å². The van der Waals surface area contributed by atoms with Crippen molar-refractivity contribution in [1.82, 2.24) is 5.32 Å². The fourth-order valence-corrected chi connectivity index (χ4v) is 1.60. The molecular weight excluding hydrogens is 239 g/mol. The first kappa shape index (κ1) is 14.0. The molecular formula is C12H15FN2O3. The molecule has 0 radical (unpaired) electrons. The lowest BCUT2D eigenvalue weighted by Gasteiger charge is -2.20. The number of nitrogens with zero attached hydrogens (tertiary/aromatic N) is 1. The van der Waals surface area contributed by atoms with E-state index in [0.717, 1.165) is 6.07 Å². The lowest BCUT2D eigenvalue weighted by molar-refractivity contribution is -0.119. The van der Waals surface area contributed by atoms with E-state index in [2.05, 4.69) is 5.32 Å². The number of nitrogens with one attached hydrogen (secondary N) is 1. The third kappa shape index (κ3) is 3.19. The standard InChI is InChI=1S/C12H15FN2O3/c1-3-14-10(16)7-15(2)9-6-4-5-8(13)11(9)12(17)18/h4-6H,3,7H2,1-2H3,(H,14,16)(H,17,18). The number of hydrogen-bond acceptors (Lipinski definition) is 3. The van der Waals surface area contributed by atoms with Crippen LogP contribution in [-0.4, -0.2) is 37.1 Å². The predicted molar refractivity (Wildman–Crippen MR) is 65.3 cm³/mol. The van der Waals surface area contributed by atoms with Crippen LogP contribution in [0.4, 0.5) is 10.1 Å². The highest BCUT2D eigenvalue weighted by Gasteiger charge is 2.19. The Morgan fingerprint density at radius 1 is 1.44 bits per heavy atom. The van der Waals surface area contributed by atoms with E-state index < -0.39 is 17.3 Å². The number of carboxylic acid groups (broad SMARTS) is 1. The molecule has 0 saturated carbocycles. The third-order valence-corrected chi connectivity index (χ3v) is 2.37. The van der Waals surface area contributed by atoms with Crippen LogP contribution >= 0.6 is 0 Å². The van der Waals surface area contributed by atoms with Gasteiger partial charge in [0.25, 0.3) is 0 Å².